The van der Waals surface area contributed by atoms with Crippen LogP contribution in [-0.4, -0.2) is 36.0 Å². The third-order valence-electron chi connectivity index (χ3n) is 4.89. The summed E-state index contributed by atoms with van der Waals surface area (Å²) in [5.41, 5.74) is 5.96. The van der Waals surface area contributed by atoms with Crippen LogP contribution < -0.4 is 11.1 Å². The van der Waals surface area contributed by atoms with Gasteiger partial charge in [0.1, 0.15) is 23.3 Å². The van der Waals surface area contributed by atoms with Gasteiger partial charge in [-0.15, -0.1) is 0 Å². The summed E-state index contributed by atoms with van der Waals surface area (Å²) < 4.78 is 51.0. The zero-order chi connectivity index (χ0) is 21.4. The largest absolute Gasteiger partial charge is 0.437 e. The minimum atomic E-state index is -0.581. The van der Waals surface area contributed by atoms with Crippen LogP contribution in [0.25, 0.3) is 0 Å². The highest BCUT2D eigenvalue weighted by molar-refractivity contribution is 6.45. The molecule has 1 heterocycles. The molecule has 0 aromatic heterocycles. The van der Waals surface area contributed by atoms with Crippen molar-refractivity contribution in [2.45, 2.75) is 38.8 Å². The number of nitrogens with one attached hydrogen (secondary N) is 1. The Morgan fingerprint density at radius 1 is 1.00 bits per heavy atom. The van der Waals surface area contributed by atoms with Crippen molar-refractivity contribution < 1.29 is 22.6 Å². The van der Waals surface area contributed by atoms with Crippen LogP contribution in [0.1, 0.15) is 24.0 Å². The third-order valence-corrected chi connectivity index (χ3v) is 4.89. The molecule has 9 heteroatoms. The van der Waals surface area contributed by atoms with Crippen molar-refractivity contribution in [1.29, 1.82) is 0 Å². The molecule has 2 aromatic carbocycles. The minimum absolute atomic E-state index is 0.103. The van der Waals surface area contributed by atoms with E-state index in [4.69, 9.17) is 5.73 Å². The summed E-state index contributed by atoms with van der Waals surface area (Å²) >= 11 is 0. The summed E-state index contributed by atoms with van der Waals surface area (Å²) in [6, 6.07) is 7.32. The van der Waals surface area contributed by atoms with Crippen molar-refractivity contribution in [3.8, 4) is 0 Å². The van der Waals surface area contributed by atoms with E-state index in [-0.39, 0.29) is 6.54 Å². The number of halogens is 4. The second-order valence-corrected chi connectivity index (χ2v) is 7.00. The normalized spacial score (nSPS) is 15.0. The summed E-state index contributed by atoms with van der Waals surface area (Å²) in [6.07, 6.45) is 1.85. The zero-order valence-corrected chi connectivity index (χ0v) is 16.3. The van der Waals surface area contributed by atoms with Crippen molar-refractivity contribution in [2.75, 3.05) is 13.1 Å². The van der Waals surface area contributed by atoms with Gasteiger partial charge < -0.3 is 20.9 Å². The highest BCUT2D eigenvalue weighted by Gasteiger charge is 2.23. The van der Waals surface area contributed by atoms with E-state index in [1.165, 1.54) is 24.3 Å². The van der Waals surface area contributed by atoms with Crippen LogP contribution in [0.15, 0.2) is 36.4 Å². The fourth-order valence-electron chi connectivity index (χ4n) is 3.08. The van der Waals surface area contributed by atoms with Crippen molar-refractivity contribution in [2.24, 2.45) is 5.73 Å². The molecule has 0 amide bonds. The quantitative estimate of drug-likeness (QED) is 0.523. The van der Waals surface area contributed by atoms with E-state index in [1.807, 2.05) is 4.81 Å². The first-order chi connectivity index (χ1) is 13.8. The molecule has 1 saturated heterocycles. The maximum atomic E-state index is 13.5. The molecular weight excluding hydrogens is 385 g/mol. The van der Waals surface area contributed by atoms with E-state index in [2.05, 4.69) is 5.32 Å². The van der Waals surface area contributed by atoms with Crippen molar-refractivity contribution in [3.05, 3.63) is 70.8 Å². The van der Waals surface area contributed by atoms with Gasteiger partial charge in [0.2, 0.25) is 0 Å². The predicted octanol–water partition coefficient (Wildman–Crippen LogP) is 3.05. The lowest BCUT2D eigenvalue weighted by Crippen LogP contribution is -2.47. The van der Waals surface area contributed by atoms with Gasteiger partial charge in [0, 0.05) is 42.4 Å². The van der Waals surface area contributed by atoms with Crippen LogP contribution in [0.2, 0.25) is 6.82 Å². The molecular formula is C20H26BF4N3O. The van der Waals surface area contributed by atoms with Crippen molar-refractivity contribution in [3.63, 3.8) is 0 Å². The smallest absolute Gasteiger partial charge is 0.376 e. The Morgan fingerprint density at radius 3 is 1.97 bits per heavy atom. The molecule has 1 aliphatic rings. The van der Waals surface area contributed by atoms with Crippen LogP contribution in [-0.2, 0) is 13.1 Å². The monoisotopic (exact) mass is 411 g/mol. The lowest BCUT2D eigenvalue weighted by atomic mass is 9.82. The van der Waals surface area contributed by atoms with Gasteiger partial charge in [-0.25, -0.2) is 17.6 Å². The van der Waals surface area contributed by atoms with Gasteiger partial charge in [0.25, 0.3) is 0 Å². The molecule has 4 nitrogen and oxygen atoms in total. The zero-order valence-electron chi connectivity index (χ0n) is 16.3. The molecule has 0 unspecified atom stereocenters. The lowest BCUT2D eigenvalue weighted by molar-refractivity contribution is 0.264. The first-order valence-electron chi connectivity index (χ1n) is 9.53. The van der Waals surface area contributed by atoms with Gasteiger partial charge in [0.05, 0.1) is 0 Å². The molecule has 0 spiro atoms. The van der Waals surface area contributed by atoms with Gasteiger partial charge in [-0.2, -0.15) is 0 Å². The summed E-state index contributed by atoms with van der Waals surface area (Å²) in [7, 11) is -0.407. The van der Waals surface area contributed by atoms with Crippen LogP contribution in [0.5, 0.6) is 0 Å². The molecule has 0 aliphatic carbocycles. The number of rotatable bonds is 5. The van der Waals surface area contributed by atoms with Gasteiger partial charge in [-0.3, -0.25) is 0 Å². The number of piperidine rings is 1. The molecule has 1 aliphatic heterocycles. The predicted molar refractivity (Wildman–Crippen MR) is 106 cm³/mol. The fourth-order valence-corrected chi connectivity index (χ4v) is 3.08. The van der Waals surface area contributed by atoms with E-state index in [9.17, 15) is 22.6 Å². The lowest BCUT2D eigenvalue weighted by Gasteiger charge is -2.33. The van der Waals surface area contributed by atoms with Crippen LogP contribution in [0, 0.1) is 23.3 Å². The average molecular weight is 411 g/mol. The molecule has 0 radical (unpaired) electrons. The van der Waals surface area contributed by atoms with E-state index in [0.29, 0.717) is 23.7 Å². The highest BCUT2D eigenvalue weighted by Crippen LogP contribution is 2.14. The van der Waals surface area contributed by atoms with E-state index >= 15 is 0 Å². The van der Waals surface area contributed by atoms with E-state index in [1.54, 1.807) is 6.82 Å². The second kappa shape index (κ2) is 11.3. The Hall–Kier alpha value is -1.94. The summed E-state index contributed by atoms with van der Waals surface area (Å²) in [4.78, 5) is 2.01. The standard InChI is InChI=1S/C13H19BF2N2O.C7H7F2N/c1-14(19)18-6-4-12(5-7-18)17-9-10-2-3-11(15)8-13(10)16;8-6-2-1-5(4-10)7(9)3-6/h2-3,8,12,17,19H,4-7,9H2,1H3;1-3H,4,10H2. The number of hydrogen-bond donors (Lipinski definition) is 3. The number of nitrogens with zero attached hydrogens (tertiary/aromatic N) is 1. The summed E-state index contributed by atoms with van der Waals surface area (Å²) in [5, 5.41) is 12.7. The molecule has 0 saturated carbocycles. The van der Waals surface area contributed by atoms with E-state index < -0.39 is 30.3 Å². The molecule has 4 N–H and O–H groups in total. The summed E-state index contributed by atoms with van der Waals surface area (Å²) in [6.45, 7) is 3.95. The first kappa shape index (κ1) is 23.3. The maximum Gasteiger partial charge on any atom is 0.376 e. The molecule has 0 bridgehead atoms. The molecule has 29 heavy (non-hydrogen) atoms. The Kier molecular flexibility index (Phi) is 9.10. The Morgan fingerprint density at radius 2 is 1.52 bits per heavy atom. The maximum absolute atomic E-state index is 13.5. The molecule has 3 rings (SSSR count). The fraction of sp³-hybridized carbons (Fsp3) is 0.400. The van der Waals surface area contributed by atoms with Gasteiger partial charge >= 0.3 is 7.05 Å². The topological polar surface area (TPSA) is 61.5 Å². The highest BCUT2D eigenvalue weighted by atomic mass is 19.1. The molecule has 2 aromatic rings. The van der Waals surface area contributed by atoms with Gasteiger partial charge in [0.15, 0.2) is 0 Å². The van der Waals surface area contributed by atoms with Crippen LogP contribution in [0.4, 0.5) is 17.6 Å². The molecule has 1 fully saturated rings. The molecule has 158 valence electrons. The SMILES string of the molecule is CB(O)N1CCC(NCc2ccc(F)cc2F)CC1.NCc1ccc(F)cc1F. The third kappa shape index (κ3) is 7.43. The van der Waals surface area contributed by atoms with Crippen LogP contribution in [0.3, 0.4) is 0 Å². The van der Waals surface area contributed by atoms with Crippen molar-refractivity contribution >= 4 is 7.05 Å². The summed E-state index contributed by atoms with van der Waals surface area (Å²) in [5.74, 6) is -2.21. The average Bonchev–Trinajstić information content (AvgIpc) is 2.68. The van der Waals surface area contributed by atoms with E-state index in [0.717, 1.165) is 38.1 Å². The Balaban J connectivity index is 0.000000253. The second-order valence-electron chi connectivity index (χ2n) is 7.00. The Bertz CT molecular complexity index is 786. The number of hydrogen-bond acceptors (Lipinski definition) is 4. The molecule has 0 atom stereocenters. The van der Waals surface area contributed by atoms with Crippen LogP contribution >= 0.6 is 0 Å². The Labute approximate surface area is 168 Å². The first-order valence-corrected chi connectivity index (χ1v) is 9.53. The van der Waals surface area contributed by atoms with Gasteiger partial charge in [-0.1, -0.05) is 12.1 Å². The van der Waals surface area contributed by atoms with Gasteiger partial charge in [-0.05, 0) is 44.9 Å². The minimum Gasteiger partial charge on any atom is -0.437 e. The van der Waals surface area contributed by atoms with Crippen molar-refractivity contribution in [1.82, 2.24) is 10.1 Å². The number of benzene rings is 2. The number of nitrogens with two attached hydrogens (primary N) is 1.